The Bertz CT molecular complexity index is 380. The number of ether oxygens (including phenoxy) is 1. The van der Waals surface area contributed by atoms with Gasteiger partial charge in [-0.15, -0.1) is 0 Å². The lowest BCUT2D eigenvalue weighted by molar-refractivity contribution is 0.0263. The molecule has 1 aliphatic rings. The molecule has 0 radical (unpaired) electrons. The molecule has 0 amide bonds. The Morgan fingerprint density at radius 3 is 2.00 bits per heavy atom. The molecule has 0 saturated heterocycles. The first kappa shape index (κ1) is 19.0. The number of rotatable bonds is 9. The number of hydrogen-bond donors (Lipinski definition) is 1. The second-order valence-corrected chi connectivity index (χ2v) is 9.97. The van der Waals surface area contributed by atoms with Crippen LogP contribution in [-0.2, 0) is 28.1 Å². The highest BCUT2D eigenvalue weighted by molar-refractivity contribution is 7.86. The first-order valence-corrected chi connectivity index (χ1v) is 10.5. The molecule has 0 atom stereocenters. The first-order chi connectivity index (χ1) is 9.87. The lowest BCUT2D eigenvalue weighted by Crippen LogP contribution is -2.42. The highest BCUT2D eigenvalue weighted by Gasteiger charge is 2.37. The van der Waals surface area contributed by atoms with Gasteiger partial charge < -0.3 is 18.0 Å². The van der Waals surface area contributed by atoms with Gasteiger partial charge in [-0.25, -0.2) is 0 Å². The molecule has 0 aromatic heterocycles. The van der Waals surface area contributed by atoms with Crippen molar-refractivity contribution in [1.29, 1.82) is 0 Å². The van der Waals surface area contributed by atoms with Crippen molar-refractivity contribution in [2.24, 2.45) is 0 Å². The molecule has 0 heterocycles. The zero-order chi connectivity index (χ0) is 15.9. The fraction of sp³-hybridized carbons (Fsp3) is 1.00. The van der Waals surface area contributed by atoms with Gasteiger partial charge in [-0.1, -0.05) is 0 Å². The van der Waals surface area contributed by atoms with E-state index in [4.69, 9.17) is 22.6 Å². The van der Waals surface area contributed by atoms with Gasteiger partial charge in [0.05, 0.1) is 11.4 Å². The third-order valence-electron chi connectivity index (χ3n) is 3.96. The Labute approximate surface area is 128 Å². The molecule has 0 aromatic rings. The van der Waals surface area contributed by atoms with Gasteiger partial charge in [0, 0.05) is 34.0 Å². The maximum atomic E-state index is 11.0. The molecule has 126 valence electrons. The summed E-state index contributed by atoms with van der Waals surface area (Å²) in [7, 11) is -1.70. The van der Waals surface area contributed by atoms with Crippen LogP contribution in [0.5, 0.6) is 0 Å². The maximum absolute atomic E-state index is 11.0. The van der Waals surface area contributed by atoms with Gasteiger partial charge in [0.2, 0.25) is 0 Å². The summed E-state index contributed by atoms with van der Waals surface area (Å²) in [6.45, 7) is 0.562. The van der Waals surface area contributed by atoms with E-state index >= 15 is 0 Å². The lowest BCUT2D eigenvalue weighted by Gasteiger charge is -2.27. The Morgan fingerprint density at radius 1 is 1.05 bits per heavy atom. The molecule has 0 aliphatic heterocycles. The van der Waals surface area contributed by atoms with Crippen LogP contribution in [0.3, 0.4) is 0 Å². The predicted octanol–water partition coefficient (Wildman–Crippen LogP) is 1.47. The highest BCUT2D eigenvalue weighted by Crippen LogP contribution is 2.26. The fourth-order valence-electron chi connectivity index (χ4n) is 2.59. The van der Waals surface area contributed by atoms with E-state index in [1.165, 1.54) is 0 Å². The van der Waals surface area contributed by atoms with Crippen LogP contribution in [-0.4, -0.2) is 61.1 Å². The molecule has 1 rings (SSSR count). The molecule has 1 aliphatic carbocycles. The van der Waals surface area contributed by atoms with E-state index in [1.807, 2.05) is 0 Å². The third kappa shape index (κ3) is 5.93. The maximum Gasteiger partial charge on any atom is 0.500 e. The second-order valence-electron chi connectivity index (χ2n) is 5.18. The van der Waals surface area contributed by atoms with Crippen molar-refractivity contribution < 1.29 is 31.0 Å². The number of hydrogen-bond acceptors (Lipinski definition) is 6. The highest BCUT2D eigenvalue weighted by atomic mass is 32.2. The minimum Gasteiger partial charge on any atom is -0.378 e. The summed E-state index contributed by atoms with van der Waals surface area (Å²) in [5.41, 5.74) is 0. The van der Waals surface area contributed by atoms with Gasteiger partial charge in [0.1, 0.15) is 0 Å². The van der Waals surface area contributed by atoms with Crippen molar-refractivity contribution in [3.63, 3.8) is 0 Å². The van der Waals surface area contributed by atoms with Crippen LogP contribution in [0.2, 0.25) is 6.04 Å². The van der Waals surface area contributed by atoms with Crippen molar-refractivity contribution in [2.45, 2.75) is 49.5 Å². The van der Waals surface area contributed by atoms with E-state index in [1.54, 1.807) is 21.3 Å². The molecule has 1 fully saturated rings. The topological polar surface area (TPSA) is 91.3 Å². The minimum absolute atomic E-state index is 0.0618. The molecule has 9 heteroatoms. The zero-order valence-corrected chi connectivity index (χ0v) is 14.7. The van der Waals surface area contributed by atoms with Crippen molar-refractivity contribution in [3.05, 3.63) is 0 Å². The zero-order valence-electron chi connectivity index (χ0n) is 12.9. The Kier molecular flexibility index (Phi) is 7.75. The first-order valence-electron chi connectivity index (χ1n) is 7.10. The third-order valence-corrected chi connectivity index (χ3v) is 8.10. The molecule has 0 bridgehead atoms. The van der Waals surface area contributed by atoms with Crippen LogP contribution in [0, 0.1) is 0 Å². The minimum atomic E-state index is -3.90. The average molecular weight is 342 g/mol. The van der Waals surface area contributed by atoms with Gasteiger partial charge in [-0.05, 0) is 32.1 Å². The van der Waals surface area contributed by atoms with Crippen LogP contribution in [0.1, 0.15) is 32.1 Å². The molecule has 1 N–H and O–H groups in total. The van der Waals surface area contributed by atoms with E-state index in [0.29, 0.717) is 38.3 Å². The summed E-state index contributed by atoms with van der Waals surface area (Å²) in [5, 5.41) is -0.632. The summed E-state index contributed by atoms with van der Waals surface area (Å²) >= 11 is 0. The van der Waals surface area contributed by atoms with E-state index in [0.717, 1.165) is 6.42 Å². The van der Waals surface area contributed by atoms with Crippen molar-refractivity contribution in [2.75, 3.05) is 27.9 Å². The Hall–Kier alpha value is -0.0331. The van der Waals surface area contributed by atoms with E-state index in [2.05, 4.69) is 0 Å². The monoisotopic (exact) mass is 342 g/mol. The van der Waals surface area contributed by atoms with Crippen LogP contribution < -0.4 is 0 Å². The standard InChI is InChI=1S/C12H26O7SSi/c1-16-21(17-2,18-3)10-4-9-19-11-5-7-12(8-6-11)20(13,14)15/h11-12H,4-10H2,1-3H3,(H,13,14,15). The Balaban J connectivity index is 2.23. The van der Waals surface area contributed by atoms with Gasteiger partial charge >= 0.3 is 8.80 Å². The molecule has 7 nitrogen and oxygen atoms in total. The molecular weight excluding hydrogens is 316 g/mol. The molecular formula is C12H26O7SSi. The summed E-state index contributed by atoms with van der Waals surface area (Å²) in [4.78, 5) is 0. The second kappa shape index (κ2) is 8.56. The van der Waals surface area contributed by atoms with Crippen LogP contribution in [0.15, 0.2) is 0 Å². The summed E-state index contributed by atoms with van der Waals surface area (Å²) in [5.74, 6) is 0. The molecule has 1 saturated carbocycles. The van der Waals surface area contributed by atoms with Crippen LogP contribution in [0.4, 0.5) is 0 Å². The van der Waals surface area contributed by atoms with Gasteiger partial charge in [-0.2, -0.15) is 8.42 Å². The largest absolute Gasteiger partial charge is 0.500 e. The molecule has 0 spiro atoms. The van der Waals surface area contributed by atoms with Crippen LogP contribution >= 0.6 is 0 Å². The van der Waals surface area contributed by atoms with Gasteiger partial charge in [0.15, 0.2) is 0 Å². The normalized spacial score (nSPS) is 24.2. The van der Waals surface area contributed by atoms with E-state index in [-0.39, 0.29) is 6.10 Å². The average Bonchev–Trinajstić information content (AvgIpc) is 2.48. The van der Waals surface area contributed by atoms with Crippen molar-refractivity contribution in [1.82, 2.24) is 0 Å². The van der Waals surface area contributed by atoms with Crippen molar-refractivity contribution in [3.8, 4) is 0 Å². The molecule has 0 aromatic carbocycles. The van der Waals surface area contributed by atoms with Crippen molar-refractivity contribution >= 4 is 18.9 Å². The summed E-state index contributed by atoms with van der Waals surface area (Å²) in [6.07, 6.45) is 3.05. The van der Waals surface area contributed by atoms with Crippen LogP contribution in [0.25, 0.3) is 0 Å². The predicted molar refractivity (Wildman–Crippen MR) is 79.7 cm³/mol. The summed E-state index contributed by atoms with van der Waals surface area (Å²) in [6, 6.07) is 0.677. The Morgan fingerprint density at radius 2 is 1.57 bits per heavy atom. The lowest BCUT2D eigenvalue weighted by atomic mass is 9.97. The molecule has 21 heavy (non-hydrogen) atoms. The summed E-state index contributed by atoms with van der Waals surface area (Å²) < 4.78 is 52.8. The smallest absolute Gasteiger partial charge is 0.378 e. The van der Waals surface area contributed by atoms with E-state index < -0.39 is 24.2 Å². The quantitative estimate of drug-likeness (QED) is 0.385. The fourth-order valence-corrected chi connectivity index (χ4v) is 5.15. The van der Waals surface area contributed by atoms with Gasteiger partial charge in [-0.3, -0.25) is 4.55 Å². The van der Waals surface area contributed by atoms with Gasteiger partial charge in [0.25, 0.3) is 10.1 Å². The van der Waals surface area contributed by atoms with E-state index in [9.17, 15) is 8.42 Å². The molecule has 0 unspecified atom stereocenters. The SMILES string of the molecule is CO[Si](CCCOC1CCC(S(=O)(=O)O)CC1)(OC)OC.